The summed E-state index contributed by atoms with van der Waals surface area (Å²) >= 11 is 0. The van der Waals surface area contributed by atoms with Gasteiger partial charge in [0.25, 0.3) is 0 Å². The number of aromatic hydroxyl groups is 2. The average Bonchev–Trinajstić information content (AvgIpc) is 2.63. The zero-order valence-electron chi connectivity index (χ0n) is 15.2. The molecule has 1 aliphatic carbocycles. The van der Waals surface area contributed by atoms with Crippen molar-refractivity contribution in [1.82, 2.24) is 0 Å². The van der Waals surface area contributed by atoms with Crippen molar-refractivity contribution in [3.63, 3.8) is 0 Å². The quantitative estimate of drug-likeness (QED) is 0.850. The fourth-order valence-corrected chi connectivity index (χ4v) is 3.55. The Balaban J connectivity index is 2.26. The number of benzene rings is 2. The maximum atomic E-state index is 12.0. The number of rotatable bonds is 2. The van der Waals surface area contributed by atoms with Gasteiger partial charge in [-0.25, -0.2) is 0 Å². The number of fused-ring (bicyclic) bond motifs is 4. The zero-order chi connectivity index (χ0) is 18.7. The third-order valence-corrected chi connectivity index (χ3v) is 4.88. The van der Waals surface area contributed by atoms with Gasteiger partial charge in [0.1, 0.15) is 11.5 Å². The van der Waals surface area contributed by atoms with Crippen LogP contribution in [0, 0.1) is 0 Å². The lowest BCUT2D eigenvalue weighted by Gasteiger charge is -2.20. The first kappa shape index (κ1) is 18.1. The topological polar surface area (TPSA) is 76.0 Å². The summed E-state index contributed by atoms with van der Waals surface area (Å²) in [5.41, 5.74) is 3.20. The maximum absolute atomic E-state index is 12.0. The molecule has 0 amide bonds. The molecule has 5 heteroatoms. The van der Waals surface area contributed by atoms with E-state index in [1.165, 1.54) is 14.2 Å². The monoisotopic (exact) mass is 356 g/mol. The van der Waals surface area contributed by atoms with E-state index in [9.17, 15) is 15.0 Å². The van der Waals surface area contributed by atoms with Crippen LogP contribution in [0.4, 0.5) is 0 Å². The Kier molecular flexibility index (Phi) is 5.35. The molecule has 3 rings (SSSR count). The Morgan fingerprint density at radius 1 is 0.846 bits per heavy atom. The van der Waals surface area contributed by atoms with Gasteiger partial charge in [-0.15, -0.1) is 0 Å². The smallest absolute Gasteiger partial charge is 0.203 e. The first-order valence-corrected chi connectivity index (χ1v) is 8.86. The Bertz CT molecular complexity index is 826. The molecule has 0 spiro atoms. The van der Waals surface area contributed by atoms with E-state index >= 15 is 0 Å². The Labute approximate surface area is 153 Å². The molecule has 0 saturated carbocycles. The van der Waals surface area contributed by atoms with E-state index in [0.717, 1.165) is 29.5 Å². The molecule has 2 aromatic rings. The fourth-order valence-electron chi connectivity index (χ4n) is 3.55. The molecule has 0 unspecified atom stereocenters. The van der Waals surface area contributed by atoms with E-state index in [-0.39, 0.29) is 23.0 Å². The van der Waals surface area contributed by atoms with Crippen molar-refractivity contribution in [3.05, 3.63) is 35.4 Å². The van der Waals surface area contributed by atoms with Crippen LogP contribution in [0.15, 0.2) is 24.3 Å². The number of carbonyl (C=O) groups is 1. The lowest BCUT2D eigenvalue weighted by Crippen LogP contribution is -2.04. The van der Waals surface area contributed by atoms with Crippen molar-refractivity contribution in [1.29, 1.82) is 0 Å². The Morgan fingerprint density at radius 3 is 2.31 bits per heavy atom. The molecule has 0 heterocycles. The lowest BCUT2D eigenvalue weighted by atomic mass is 9.90. The first-order valence-electron chi connectivity index (χ1n) is 8.86. The summed E-state index contributed by atoms with van der Waals surface area (Å²) in [4.78, 5) is 12.0. The van der Waals surface area contributed by atoms with Crippen LogP contribution in [0.2, 0.25) is 0 Å². The molecule has 0 fully saturated rings. The molecule has 0 aromatic heterocycles. The predicted octanol–water partition coefficient (Wildman–Crippen LogP) is 4.01. The van der Waals surface area contributed by atoms with Crippen molar-refractivity contribution >= 4 is 5.78 Å². The first-order chi connectivity index (χ1) is 12.5. The van der Waals surface area contributed by atoms with Crippen LogP contribution in [0.5, 0.6) is 23.0 Å². The molecule has 2 N–H and O–H groups in total. The maximum Gasteiger partial charge on any atom is 0.203 e. The molecule has 0 saturated heterocycles. The summed E-state index contributed by atoms with van der Waals surface area (Å²) in [6.07, 6.45) is 3.99. The van der Waals surface area contributed by atoms with Crippen molar-refractivity contribution in [2.45, 2.75) is 38.5 Å². The molecule has 26 heavy (non-hydrogen) atoms. The van der Waals surface area contributed by atoms with E-state index in [1.807, 2.05) is 12.1 Å². The van der Waals surface area contributed by atoms with E-state index < -0.39 is 0 Å². The molecule has 0 aliphatic heterocycles. The summed E-state index contributed by atoms with van der Waals surface area (Å²) in [6, 6.07) is 7.03. The Hall–Kier alpha value is -2.69. The number of ether oxygens (including phenoxy) is 2. The van der Waals surface area contributed by atoms with Crippen LogP contribution in [-0.4, -0.2) is 30.2 Å². The largest absolute Gasteiger partial charge is 0.507 e. The van der Waals surface area contributed by atoms with Gasteiger partial charge in [-0.3, -0.25) is 4.79 Å². The van der Waals surface area contributed by atoms with Gasteiger partial charge in [0.05, 0.1) is 14.2 Å². The number of hydrogen-bond donors (Lipinski definition) is 2. The molecule has 0 atom stereocenters. The zero-order valence-corrected chi connectivity index (χ0v) is 15.2. The molecule has 2 bridgehead atoms. The highest BCUT2D eigenvalue weighted by molar-refractivity contribution is 5.84. The highest BCUT2D eigenvalue weighted by atomic mass is 16.5. The minimum Gasteiger partial charge on any atom is -0.507 e. The Morgan fingerprint density at radius 2 is 1.58 bits per heavy atom. The normalized spacial score (nSPS) is 14.8. The van der Waals surface area contributed by atoms with Crippen LogP contribution in [0.1, 0.15) is 36.8 Å². The number of ketones is 1. The van der Waals surface area contributed by atoms with Crippen molar-refractivity contribution in [3.8, 4) is 34.1 Å². The van der Waals surface area contributed by atoms with Gasteiger partial charge in [-0.05, 0) is 55.0 Å². The number of hydrogen-bond acceptors (Lipinski definition) is 5. The van der Waals surface area contributed by atoms with Gasteiger partial charge in [0.2, 0.25) is 5.75 Å². The molecule has 138 valence electrons. The highest BCUT2D eigenvalue weighted by Gasteiger charge is 2.23. The number of aryl methyl sites for hydroxylation is 2. The predicted molar refractivity (Wildman–Crippen MR) is 99.2 cm³/mol. The summed E-state index contributed by atoms with van der Waals surface area (Å²) in [6.45, 7) is 0. The van der Waals surface area contributed by atoms with E-state index in [1.54, 1.807) is 12.1 Å². The summed E-state index contributed by atoms with van der Waals surface area (Å²) in [7, 11) is 2.99. The third kappa shape index (κ3) is 3.47. The molecular formula is C21H24O5. The van der Waals surface area contributed by atoms with Crippen LogP contribution in [0.25, 0.3) is 11.1 Å². The fraction of sp³-hybridized carbons (Fsp3) is 0.381. The second-order valence-corrected chi connectivity index (χ2v) is 6.59. The summed E-state index contributed by atoms with van der Waals surface area (Å²) < 4.78 is 10.9. The van der Waals surface area contributed by atoms with Crippen molar-refractivity contribution in [2.75, 3.05) is 14.2 Å². The van der Waals surface area contributed by atoms with Crippen LogP contribution >= 0.6 is 0 Å². The number of carbonyl (C=O) groups excluding carboxylic acids is 1. The van der Waals surface area contributed by atoms with E-state index in [0.29, 0.717) is 37.0 Å². The van der Waals surface area contributed by atoms with Gasteiger partial charge in [0.15, 0.2) is 11.5 Å². The number of methoxy groups -OCH3 is 2. The number of phenolic OH excluding ortho intramolecular Hbond substituents is 2. The molecule has 2 aromatic carbocycles. The van der Waals surface area contributed by atoms with E-state index in [4.69, 9.17) is 9.47 Å². The van der Waals surface area contributed by atoms with Gasteiger partial charge < -0.3 is 19.7 Å². The molecule has 1 aliphatic rings. The summed E-state index contributed by atoms with van der Waals surface area (Å²) in [5, 5.41) is 20.8. The van der Waals surface area contributed by atoms with Crippen LogP contribution in [0.3, 0.4) is 0 Å². The van der Waals surface area contributed by atoms with Gasteiger partial charge in [0, 0.05) is 24.0 Å². The van der Waals surface area contributed by atoms with E-state index in [2.05, 4.69) is 0 Å². The standard InChI is InChI=1S/C21H24O5/c1-25-20-18(24)12-14-5-3-4-6-15(22)9-7-13-8-10-17(23)16(11-13)19(14)21(20)26-2/h8,10-12,23-24H,3-7,9H2,1-2H3. The number of Topliss-reactive ketones (excluding diaryl/α,β-unsaturated/α-hetero) is 1. The van der Waals surface area contributed by atoms with Crippen molar-refractivity contribution in [2.24, 2.45) is 0 Å². The second-order valence-electron chi connectivity index (χ2n) is 6.59. The minimum atomic E-state index is 0.00177. The second kappa shape index (κ2) is 7.68. The third-order valence-electron chi connectivity index (χ3n) is 4.88. The molecule has 5 nitrogen and oxygen atoms in total. The SMILES string of the molecule is COc1c(O)cc2c(c1OC)-c1cc(ccc1O)CCC(=O)CCCC2. The highest BCUT2D eigenvalue weighted by Crippen LogP contribution is 2.49. The average molecular weight is 356 g/mol. The number of phenols is 2. The lowest BCUT2D eigenvalue weighted by molar-refractivity contribution is -0.119. The van der Waals surface area contributed by atoms with Gasteiger partial charge in [-0.1, -0.05) is 6.07 Å². The van der Waals surface area contributed by atoms with Crippen LogP contribution < -0.4 is 9.47 Å². The minimum absolute atomic E-state index is 0.00177. The summed E-state index contributed by atoms with van der Waals surface area (Å²) in [5.74, 6) is 1.04. The van der Waals surface area contributed by atoms with Gasteiger partial charge in [-0.2, -0.15) is 0 Å². The van der Waals surface area contributed by atoms with Crippen LogP contribution in [-0.2, 0) is 17.6 Å². The molecular weight excluding hydrogens is 332 g/mol. The molecule has 0 radical (unpaired) electrons. The van der Waals surface area contributed by atoms with Gasteiger partial charge >= 0.3 is 0 Å². The van der Waals surface area contributed by atoms with Crippen molar-refractivity contribution < 1.29 is 24.5 Å².